The summed E-state index contributed by atoms with van der Waals surface area (Å²) < 4.78 is 17.5. The molecule has 0 atom stereocenters. The molecule has 0 spiro atoms. The largest absolute Gasteiger partial charge is 0.532 e. The van der Waals surface area contributed by atoms with Gasteiger partial charge in [0, 0.05) is 19.8 Å². The molecule has 1 aromatic rings. The van der Waals surface area contributed by atoms with Crippen molar-refractivity contribution in [1.82, 2.24) is 0 Å². The minimum Gasteiger partial charge on any atom is -0.371 e. The SMILES string of the molecule is C=C(C)[Si](OCC)(OCC)OCCc1ccccc1. The molecule has 106 valence electrons. The van der Waals surface area contributed by atoms with Crippen molar-refractivity contribution in [3.05, 3.63) is 47.7 Å². The summed E-state index contributed by atoms with van der Waals surface area (Å²) in [6, 6.07) is 10.3. The number of rotatable bonds is 9. The molecule has 0 amide bonds. The molecule has 0 heterocycles. The Kier molecular flexibility index (Phi) is 7.01. The first-order valence-electron chi connectivity index (χ1n) is 6.76. The third-order valence-corrected chi connectivity index (χ3v) is 5.68. The second-order valence-corrected chi connectivity index (χ2v) is 7.12. The first-order chi connectivity index (χ1) is 9.14. The molecule has 0 aromatic heterocycles. The lowest BCUT2D eigenvalue weighted by Crippen LogP contribution is -2.47. The van der Waals surface area contributed by atoms with Gasteiger partial charge in [-0.15, -0.1) is 0 Å². The first kappa shape index (κ1) is 16.1. The maximum absolute atomic E-state index is 5.97. The monoisotopic (exact) mass is 280 g/mol. The smallest absolute Gasteiger partial charge is 0.371 e. The number of benzene rings is 1. The van der Waals surface area contributed by atoms with Gasteiger partial charge < -0.3 is 13.3 Å². The molecule has 0 fully saturated rings. The maximum Gasteiger partial charge on any atom is 0.532 e. The zero-order valence-corrected chi connectivity index (χ0v) is 13.1. The van der Waals surface area contributed by atoms with E-state index in [0.29, 0.717) is 19.8 Å². The summed E-state index contributed by atoms with van der Waals surface area (Å²) in [5.41, 5.74) is 1.25. The number of hydrogen-bond acceptors (Lipinski definition) is 3. The fourth-order valence-electron chi connectivity index (χ4n) is 1.82. The van der Waals surface area contributed by atoms with Crippen LogP contribution in [0.5, 0.6) is 0 Å². The Morgan fingerprint density at radius 1 is 1.05 bits per heavy atom. The highest BCUT2D eigenvalue weighted by atomic mass is 28.4. The minimum absolute atomic E-state index is 0.574. The molecule has 1 rings (SSSR count). The Hall–Kier alpha value is -0.943. The molecule has 0 unspecified atom stereocenters. The summed E-state index contributed by atoms with van der Waals surface area (Å²) in [6.45, 7) is 11.5. The van der Waals surface area contributed by atoms with E-state index in [0.717, 1.165) is 11.6 Å². The van der Waals surface area contributed by atoms with E-state index in [2.05, 4.69) is 18.7 Å². The standard InChI is InChI=1S/C15H24O3Si/c1-5-16-19(14(3)4,17-6-2)18-13-12-15-10-8-7-9-11-15/h7-11H,3,5-6,12-13H2,1-2,4H3. The van der Waals surface area contributed by atoms with Crippen LogP contribution in [0.3, 0.4) is 0 Å². The van der Waals surface area contributed by atoms with Crippen molar-refractivity contribution in [3.8, 4) is 0 Å². The third kappa shape index (κ3) is 4.91. The first-order valence-corrected chi connectivity index (χ1v) is 8.49. The molecular formula is C15H24O3Si. The quantitative estimate of drug-likeness (QED) is 0.649. The summed E-state index contributed by atoms with van der Waals surface area (Å²) >= 11 is 0. The van der Waals surface area contributed by atoms with Gasteiger partial charge in [0.25, 0.3) is 0 Å². The third-order valence-electron chi connectivity index (χ3n) is 2.72. The molecular weight excluding hydrogens is 256 g/mol. The van der Waals surface area contributed by atoms with Crippen molar-refractivity contribution in [2.75, 3.05) is 19.8 Å². The van der Waals surface area contributed by atoms with Crippen LogP contribution in [0.25, 0.3) is 0 Å². The van der Waals surface area contributed by atoms with Crippen LogP contribution >= 0.6 is 0 Å². The lowest BCUT2D eigenvalue weighted by Gasteiger charge is -2.29. The van der Waals surface area contributed by atoms with Crippen molar-refractivity contribution < 1.29 is 13.3 Å². The highest BCUT2D eigenvalue weighted by Gasteiger charge is 2.42. The number of hydrogen-bond donors (Lipinski definition) is 0. The van der Waals surface area contributed by atoms with Gasteiger partial charge >= 0.3 is 8.80 Å². The second-order valence-electron chi connectivity index (χ2n) is 4.29. The van der Waals surface area contributed by atoms with Crippen molar-refractivity contribution >= 4 is 8.80 Å². The molecule has 0 saturated heterocycles. The van der Waals surface area contributed by atoms with Gasteiger partial charge in [-0.3, -0.25) is 0 Å². The highest BCUT2D eigenvalue weighted by Crippen LogP contribution is 2.19. The van der Waals surface area contributed by atoms with Crippen molar-refractivity contribution in [2.45, 2.75) is 27.2 Å². The Morgan fingerprint density at radius 3 is 2.11 bits per heavy atom. The van der Waals surface area contributed by atoms with Crippen molar-refractivity contribution in [1.29, 1.82) is 0 Å². The van der Waals surface area contributed by atoms with Crippen LogP contribution in [-0.2, 0) is 19.7 Å². The average Bonchev–Trinajstić information content (AvgIpc) is 2.40. The lowest BCUT2D eigenvalue weighted by molar-refractivity contribution is 0.0774. The van der Waals surface area contributed by atoms with Crippen LogP contribution in [0.1, 0.15) is 26.3 Å². The Morgan fingerprint density at radius 2 is 1.63 bits per heavy atom. The molecule has 0 saturated carbocycles. The minimum atomic E-state index is -2.72. The summed E-state index contributed by atoms with van der Waals surface area (Å²) in [5.74, 6) is 0. The van der Waals surface area contributed by atoms with Crippen LogP contribution in [0.2, 0.25) is 0 Å². The average molecular weight is 280 g/mol. The van der Waals surface area contributed by atoms with E-state index in [1.165, 1.54) is 5.56 Å². The van der Waals surface area contributed by atoms with Gasteiger partial charge in [-0.1, -0.05) is 36.9 Å². The molecule has 0 bridgehead atoms. The molecule has 0 N–H and O–H groups in total. The van der Waals surface area contributed by atoms with Gasteiger partial charge in [0.05, 0.1) is 0 Å². The molecule has 3 nitrogen and oxygen atoms in total. The van der Waals surface area contributed by atoms with Crippen molar-refractivity contribution in [2.24, 2.45) is 0 Å². The molecule has 0 aliphatic heterocycles. The molecule has 0 aliphatic rings. The van der Waals surface area contributed by atoms with E-state index in [-0.39, 0.29) is 0 Å². The molecule has 19 heavy (non-hydrogen) atoms. The maximum atomic E-state index is 5.97. The van der Waals surface area contributed by atoms with Crippen LogP contribution in [0, 0.1) is 0 Å². The van der Waals surface area contributed by atoms with Gasteiger partial charge in [-0.05, 0) is 38.0 Å². The second kappa shape index (κ2) is 8.27. The Balaban J connectivity index is 2.59. The van der Waals surface area contributed by atoms with Crippen LogP contribution in [0.15, 0.2) is 42.1 Å². The Labute approximate surface area is 117 Å². The van der Waals surface area contributed by atoms with E-state index < -0.39 is 8.80 Å². The van der Waals surface area contributed by atoms with E-state index in [9.17, 15) is 0 Å². The van der Waals surface area contributed by atoms with Gasteiger partial charge in [-0.25, -0.2) is 0 Å². The topological polar surface area (TPSA) is 27.7 Å². The zero-order chi connectivity index (χ0) is 14.1. The summed E-state index contributed by atoms with van der Waals surface area (Å²) in [4.78, 5) is 0. The molecule has 1 aromatic carbocycles. The number of allylic oxidation sites excluding steroid dienone is 1. The predicted molar refractivity (Wildman–Crippen MR) is 79.9 cm³/mol. The van der Waals surface area contributed by atoms with Gasteiger partial charge in [0.15, 0.2) is 0 Å². The normalized spacial score (nSPS) is 11.5. The lowest BCUT2D eigenvalue weighted by atomic mass is 10.2. The van der Waals surface area contributed by atoms with Gasteiger partial charge in [0.2, 0.25) is 0 Å². The fraction of sp³-hybridized carbons (Fsp3) is 0.467. The molecule has 0 radical (unpaired) electrons. The summed E-state index contributed by atoms with van der Waals surface area (Å²) in [5, 5.41) is 0.865. The Bertz CT molecular complexity index is 372. The van der Waals surface area contributed by atoms with E-state index in [1.807, 2.05) is 39.0 Å². The fourth-order valence-corrected chi connectivity index (χ4v) is 3.94. The summed E-state index contributed by atoms with van der Waals surface area (Å²) in [6.07, 6.45) is 0.850. The summed E-state index contributed by atoms with van der Waals surface area (Å²) in [7, 11) is -2.72. The van der Waals surface area contributed by atoms with E-state index in [4.69, 9.17) is 13.3 Å². The molecule has 4 heteroatoms. The zero-order valence-electron chi connectivity index (χ0n) is 12.1. The molecule has 0 aliphatic carbocycles. The predicted octanol–water partition coefficient (Wildman–Crippen LogP) is 3.37. The van der Waals surface area contributed by atoms with E-state index in [1.54, 1.807) is 0 Å². The van der Waals surface area contributed by atoms with Crippen LogP contribution in [0.4, 0.5) is 0 Å². The van der Waals surface area contributed by atoms with Crippen molar-refractivity contribution in [3.63, 3.8) is 0 Å². The van der Waals surface area contributed by atoms with E-state index >= 15 is 0 Å². The van der Waals surface area contributed by atoms with Crippen LogP contribution < -0.4 is 0 Å². The van der Waals surface area contributed by atoms with Gasteiger partial charge in [0.1, 0.15) is 0 Å². The van der Waals surface area contributed by atoms with Crippen LogP contribution in [-0.4, -0.2) is 28.6 Å². The van der Waals surface area contributed by atoms with Gasteiger partial charge in [-0.2, -0.15) is 0 Å². The highest BCUT2D eigenvalue weighted by molar-refractivity contribution is 6.68.